The molecule has 0 N–H and O–H groups in total. The van der Waals surface area contributed by atoms with Gasteiger partial charge in [0.05, 0.1) is 0 Å². The normalized spacial score (nSPS) is 23.8. The van der Waals surface area contributed by atoms with Gasteiger partial charge >= 0.3 is 0 Å². The number of benzene rings is 1. The molecular formula is C14H15NO2. The minimum Gasteiger partial charge on any atom is -0.325 e. The molecule has 0 radical (unpaired) electrons. The van der Waals surface area contributed by atoms with Crippen LogP contribution in [0.5, 0.6) is 0 Å². The van der Waals surface area contributed by atoms with Gasteiger partial charge in [-0.1, -0.05) is 18.2 Å². The topological polar surface area (TPSA) is 37.4 Å². The first-order valence-corrected chi connectivity index (χ1v) is 5.57. The number of hydrogen-bond donors (Lipinski definition) is 0. The Labute approximate surface area is 101 Å². The fraction of sp³-hybridized carbons (Fsp3) is 0.286. The summed E-state index contributed by atoms with van der Waals surface area (Å²) in [5, 5.41) is 0. The smallest absolute Gasteiger partial charge is 0.190 e. The lowest BCUT2D eigenvalue weighted by molar-refractivity contribution is -0.129. The van der Waals surface area contributed by atoms with Crippen molar-refractivity contribution in [1.82, 2.24) is 0 Å². The molecule has 0 spiro atoms. The SMILES string of the molecule is CC(=O)C1(C)C(=O)C=C(C)N1c1ccccc1. The first-order valence-electron chi connectivity index (χ1n) is 5.57. The van der Waals surface area contributed by atoms with E-state index < -0.39 is 5.54 Å². The van der Waals surface area contributed by atoms with Crippen LogP contribution in [0.15, 0.2) is 42.1 Å². The molecule has 1 atom stereocenters. The Hall–Kier alpha value is -1.90. The molecule has 1 aromatic carbocycles. The molecule has 0 amide bonds. The molecule has 88 valence electrons. The minimum absolute atomic E-state index is 0.139. The Bertz CT molecular complexity index is 504. The Kier molecular flexibility index (Phi) is 2.62. The molecule has 2 rings (SSSR count). The number of allylic oxidation sites excluding steroid dienone is 1. The zero-order chi connectivity index (χ0) is 12.6. The van der Waals surface area contributed by atoms with Gasteiger partial charge in [0, 0.05) is 17.5 Å². The lowest BCUT2D eigenvalue weighted by Crippen LogP contribution is -2.52. The van der Waals surface area contributed by atoms with Crippen molar-refractivity contribution in [2.24, 2.45) is 0 Å². The summed E-state index contributed by atoms with van der Waals surface area (Å²) in [6, 6.07) is 9.50. The molecule has 0 saturated carbocycles. The zero-order valence-electron chi connectivity index (χ0n) is 10.2. The summed E-state index contributed by atoms with van der Waals surface area (Å²) in [5.41, 5.74) is 0.578. The average Bonchev–Trinajstić information content (AvgIpc) is 2.52. The molecule has 0 aliphatic carbocycles. The quantitative estimate of drug-likeness (QED) is 0.730. The molecule has 0 saturated heterocycles. The maximum Gasteiger partial charge on any atom is 0.190 e. The van der Waals surface area contributed by atoms with Gasteiger partial charge in [0.25, 0.3) is 0 Å². The van der Waals surface area contributed by atoms with E-state index in [0.717, 1.165) is 11.4 Å². The number of ketones is 2. The van der Waals surface area contributed by atoms with Gasteiger partial charge in [-0.3, -0.25) is 9.59 Å². The summed E-state index contributed by atoms with van der Waals surface area (Å²) in [4.78, 5) is 25.6. The fourth-order valence-electron chi connectivity index (χ4n) is 2.23. The molecular weight excluding hydrogens is 214 g/mol. The highest BCUT2D eigenvalue weighted by Gasteiger charge is 2.47. The second-order valence-corrected chi connectivity index (χ2v) is 4.45. The standard InChI is InChI=1S/C14H15NO2/c1-10-9-13(17)14(3,11(2)16)15(10)12-7-5-4-6-8-12/h4-9H,1-3H3. The van der Waals surface area contributed by atoms with Crippen molar-refractivity contribution in [1.29, 1.82) is 0 Å². The monoisotopic (exact) mass is 229 g/mol. The second kappa shape index (κ2) is 3.84. The van der Waals surface area contributed by atoms with E-state index in [1.807, 2.05) is 37.3 Å². The molecule has 0 bridgehead atoms. The van der Waals surface area contributed by atoms with Crippen molar-refractivity contribution in [2.45, 2.75) is 26.3 Å². The number of carbonyl (C=O) groups is 2. The number of anilines is 1. The Morgan fingerprint density at radius 2 is 1.82 bits per heavy atom. The summed E-state index contributed by atoms with van der Waals surface area (Å²) in [7, 11) is 0. The summed E-state index contributed by atoms with van der Waals surface area (Å²) < 4.78 is 0. The van der Waals surface area contributed by atoms with Gasteiger partial charge in [0.2, 0.25) is 0 Å². The van der Waals surface area contributed by atoms with Crippen LogP contribution in [0, 0.1) is 0 Å². The van der Waals surface area contributed by atoms with Crippen molar-refractivity contribution in [3.63, 3.8) is 0 Å². The molecule has 1 unspecified atom stereocenters. The summed E-state index contributed by atoms with van der Waals surface area (Å²) >= 11 is 0. The molecule has 1 aliphatic heterocycles. The third kappa shape index (κ3) is 1.58. The maximum absolute atomic E-state index is 12.0. The Morgan fingerprint density at radius 1 is 1.24 bits per heavy atom. The highest BCUT2D eigenvalue weighted by molar-refractivity contribution is 6.20. The van der Waals surface area contributed by atoms with Gasteiger partial charge in [-0.25, -0.2) is 0 Å². The largest absolute Gasteiger partial charge is 0.325 e. The number of hydrogen-bond acceptors (Lipinski definition) is 3. The van der Waals surface area contributed by atoms with Crippen LogP contribution in [0.4, 0.5) is 5.69 Å². The van der Waals surface area contributed by atoms with E-state index in [1.165, 1.54) is 13.0 Å². The van der Waals surface area contributed by atoms with Crippen LogP contribution in [-0.4, -0.2) is 17.1 Å². The average molecular weight is 229 g/mol. The molecule has 1 aliphatic rings. The molecule has 3 heteroatoms. The van der Waals surface area contributed by atoms with Crippen molar-refractivity contribution in [3.8, 4) is 0 Å². The zero-order valence-corrected chi connectivity index (χ0v) is 10.2. The van der Waals surface area contributed by atoms with Gasteiger partial charge < -0.3 is 4.90 Å². The molecule has 3 nitrogen and oxygen atoms in total. The number of nitrogens with zero attached hydrogens (tertiary/aromatic N) is 1. The predicted octanol–water partition coefficient (Wildman–Crippen LogP) is 2.33. The van der Waals surface area contributed by atoms with E-state index in [1.54, 1.807) is 11.8 Å². The molecule has 1 aromatic rings. The fourth-order valence-corrected chi connectivity index (χ4v) is 2.23. The third-order valence-corrected chi connectivity index (χ3v) is 3.32. The van der Waals surface area contributed by atoms with Crippen molar-refractivity contribution < 1.29 is 9.59 Å². The van der Waals surface area contributed by atoms with Crippen LogP contribution in [0.1, 0.15) is 20.8 Å². The van der Waals surface area contributed by atoms with Crippen LogP contribution in [-0.2, 0) is 9.59 Å². The summed E-state index contributed by atoms with van der Waals surface area (Å²) in [6.07, 6.45) is 1.54. The van der Waals surface area contributed by atoms with Crippen LogP contribution in [0.2, 0.25) is 0 Å². The Morgan fingerprint density at radius 3 is 2.35 bits per heavy atom. The minimum atomic E-state index is -1.09. The number of carbonyl (C=O) groups excluding carboxylic acids is 2. The van der Waals surface area contributed by atoms with E-state index in [9.17, 15) is 9.59 Å². The van der Waals surface area contributed by atoms with E-state index in [-0.39, 0.29) is 11.6 Å². The highest BCUT2D eigenvalue weighted by atomic mass is 16.2. The number of rotatable bonds is 2. The van der Waals surface area contributed by atoms with Crippen LogP contribution < -0.4 is 4.90 Å². The van der Waals surface area contributed by atoms with Crippen LogP contribution >= 0.6 is 0 Å². The van der Waals surface area contributed by atoms with Gasteiger partial charge in [-0.2, -0.15) is 0 Å². The van der Waals surface area contributed by atoms with E-state index in [0.29, 0.717) is 0 Å². The van der Waals surface area contributed by atoms with Crippen LogP contribution in [0.3, 0.4) is 0 Å². The second-order valence-electron chi connectivity index (χ2n) is 4.45. The third-order valence-electron chi connectivity index (χ3n) is 3.32. The van der Waals surface area contributed by atoms with Gasteiger partial charge in [-0.05, 0) is 32.9 Å². The molecule has 1 heterocycles. The van der Waals surface area contributed by atoms with Crippen LogP contribution in [0.25, 0.3) is 0 Å². The maximum atomic E-state index is 12.0. The Balaban J connectivity index is 2.55. The molecule has 0 fully saturated rings. The van der Waals surface area contributed by atoms with Gasteiger partial charge in [0.15, 0.2) is 17.1 Å². The van der Waals surface area contributed by atoms with E-state index >= 15 is 0 Å². The van der Waals surface area contributed by atoms with Crippen molar-refractivity contribution in [2.75, 3.05) is 4.90 Å². The van der Waals surface area contributed by atoms with E-state index in [4.69, 9.17) is 0 Å². The first kappa shape index (κ1) is 11.6. The molecule has 17 heavy (non-hydrogen) atoms. The van der Waals surface area contributed by atoms with E-state index in [2.05, 4.69) is 0 Å². The first-order chi connectivity index (χ1) is 7.98. The van der Waals surface area contributed by atoms with Gasteiger partial charge in [-0.15, -0.1) is 0 Å². The summed E-state index contributed by atoms with van der Waals surface area (Å²) in [6.45, 7) is 4.98. The van der Waals surface area contributed by atoms with Gasteiger partial charge in [0.1, 0.15) is 0 Å². The summed E-state index contributed by atoms with van der Waals surface area (Å²) in [5.74, 6) is -0.286. The van der Waals surface area contributed by atoms with Crippen molar-refractivity contribution in [3.05, 3.63) is 42.1 Å². The highest BCUT2D eigenvalue weighted by Crippen LogP contribution is 2.35. The predicted molar refractivity (Wildman–Crippen MR) is 66.8 cm³/mol. The molecule has 0 aromatic heterocycles. The number of Topliss-reactive ketones (excluding diaryl/α,β-unsaturated/α-hetero) is 1. The lowest BCUT2D eigenvalue weighted by atomic mass is 9.92. The lowest BCUT2D eigenvalue weighted by Gasteiger charge is -2.34. The van der Waals surface area contributed by atoms with Crippen molar-refractivity contribution >= 4 is 17.3 Å². The number of para-hydroxylation sites is 1.